The number of carbonyl (C=O) groups is 8. The van der Waals surface area contributed by atoms with Gasteiger partial charge >= 0.3 is 47.8 Å². The molecule has 0 aromatic carbocycles. The number of ether oxygens (including phenoxy) is 11. The fourth-order valence-corrected chi connectivity index (χ4v) is 5.22. The molecule has 0 amide bonds. The van der Waals surface area contributed by atoms with Crippen molar-refractivity contribution in [3.05, 3.63) is 11.8 Å². The molecule has 2 fully saturated rings. The van der Waals surface area contributed by atoms with Crippen LogP contribution in [0.4, 0.5) is 0 Å². The van der Waals surface area contributed by atoms with E-state index in [0.29, 0.717) is 0 Å². The second-order valence-corrected chi connectivity index (χ2v) is 11.0. The molecule has 2 rings (SSSR count). The molecule has 0 aliphatic carbocycles. The van der Waals surface area contributed by atoms with Gasteiger partial charge in [-0.2, -0.15) is 0 Å². The van der Waals surface area contributed by atoms with Crippen molar-refractivity contribution >= 4 is 47.8 Å². The van der Waals surface area contributed by atoms with E-state index in [1.165, 1.54) is 0 Å². The van der Waals surface area contributed by atoms with Crippen LogP contribution in [-0.2, 0) is 90.5 Å². The minimum Gasteiger partial charge on any atom is -0.465 e. The molecule has 2 heterocycles. The Morgan fingerprint density at radius 2 is 1.04 bits per heavy atom. The Hall–Kier alpha value is -4.82. The molecule has 4 unspecified atom stereocenters. The Balaban J connectivity index is 2.76. The van der Waals surface area contributed by atoms with Crippen molar-refractivity contribution in [1.82, 2.24) is 5.32 Å². The highest BCUT2D eigenvalue weighted by molar-refractivity contribution is 6.13. The monoisotopic (exact) mass is 733 g/mol. The Labute approximate surface area is 292 Å². The summed E-state index contributed by atoms with van der Waals surface area (Å²) < 4.78 is 60.2. The van der Waals surface area contributed by atoms with Crippen LogP contribution >= 0.6 is 0 Å². The number of esters is 8. The lowest BCUT2D eigenvalue weighted by Crippen LogP contribution is -2.68. The Kier molecular flexibility index (Phi) is 16.2. The van der Waals surface area contributed by atoms with Crippen molar-refractivity contribution in [2.24, 2.45) is 0 Å². The molecule has 0 saturated carbocycles. The van der Waals surface area contributed by atoms with E-state index in [0.717, 1.165) is 62.0 Å². The molecule has 51 heavy (non-hydrogen) atoms. The largest absolute Gasteiger partial charge is 0.465 e. The van der Waals surface area contributed by atoms with E-state index in [1.54, 1.807) is 6.92 Å². The zero-order chi connectivity index (χ0) is 38.6. The molecule has 0 bridgehead atoms. The Morgan fingerprint density at radius 3 is 1.51 bits per heavy atom. The minimum atomic E-state index is -1.74. The predicted molar refractivity (Wildman–Crippen MR) is 162 cm³/mol. The molecule has 1 N–H and O–H groups in total. The van der Waals surface area contributed by atoms with Gasteiger partial charge in [-0.05, 0) is 6.42 Å². The van der Waals surface area contributed by atoms with Crippen LogP contribution in [0.15, 0.2) is 11.8 Å². The van der Waals surface area contributed by atoms with E-state index in [2.05, 4.69) is 14.8 Å². The summed E-state index contributed by atoms with van der Waals surface area (Å²) >= 11 is 0. The number of methoxy groups -OCH3 is 2. The minimum absolute atomic E-state index is 0.101. The van der Waals surface area contributed by atoms with Crippen LogP contribution in [0.3, 0.4) is 0 Å². The van der Waals surface area contributed by atoms with E-state index in [-0.39, 0.29) is 6.42 Å². The van der Waals surface area contributed by atoms with Gasteiger partial charge in [-0.1, -0.05) is 6.92 Å². The van der Waals surface area contributed by atoms with Crippen molar-refractivity contribution < 1.29 is 90.5 Å². The highest BCUT2D eigenvalue weighted by Gasteiger charge is 2.56. The quantitative estimate of drug-likeness (QED) is 0.0759. The highest BCUT2D eigenvalue weighted by Crippen LogP contribution is 2.35. The first-order valence-corrected chi connectivity index (χ1v) is 15.5. The van der Waals surface area contributed by atoms with Crippen molar-refractivity contribution in [1.29, 1.82) is 0 Å². The molecule has 2 aliphatic heterocycles. The summed E-state index contributed by atoms with van der Waals surface area (Å²) in [6, 6.07) is -1.43. The molecule has 10 atom stereocenters. The van der Waals surface area contributed by atoms with Gasteiger partial charge < -0.3 is 57.4 Å². The average Bonchev–Trinajstić information content (AvgIpc) is 3.03. The van der Waals surface area contributed by atoms with Gasteiger partial charge in [0.05, 0.1) is 20.3 Å². The zero-order valence-corrected chi connectivity index (χ0v) is 29.5. The van der Waals surface area contributed by atoms with E-state index in [9.17, 15) is 38.4 Å². The summed E-state index contributed by atoms with van der Waals surface area (Å²) in [5.74, 6) is -7.33. The Bertz CT molecular complexity index is 1330. The maximum absolute atomic E-state index is 12.5. The van der Waals surface area contributed by atoms with Crippen molar-refractivity contribution in [3.63, 3.8) is 0 Å². The molecule has 286 valence electrons. The van der Waals surface area contributed by atoms with Gasteiger partial charge in [0.15, 0.2) is 36.3 Å². The third kappa shape index (κ3) is 12.2. The van der Waals surface area contributed by atoms with E-state index in [4.69, 9.17) is 42.6 Å². The van der Waals surface area contributed by atoms with Crippen LogP contribution < -0.4 is 5.32 Å². The molecular weight excluding hydrogens is 690 g/mol. The molecule has 0 radical (unpaired) electrons. The SMILES string of the molecule is CCC1O[C@H](OC(C)=O)C(NC=C(C(=O)OC)C(=O)OC)[C@@H](OC(C)=O)[C@@H]1O[C@@H]1OC(COC(C)=O)[C@H](OC(C)=O)[C@H](OC(C)=O)C1OC(C)=O. The number of hydrogen-bond acceptors (Lipinski definition) is 20. The van der Waals surface area contributed by atoms with Crippen LogP contribution in [0.5, 0.6) is 0 Å². The maximum atomic E-state index is 12.5. The van der Waals surface area contributed by atoms with Crippen LogP contribution in [0.25, 0.3) is 0 Å². The third-order valence-corrected chi connectivity index (χ3v) is 7.10. The molecule has 2 saturated heterocycles. The average molecular weight is 734 g/mol. The van der Waals surface area contributed by atoms with Gasteiger partial charge in [-0.15, -0.1) is 0 Å². The molecule has 20 heteroatoms. The molecule has 2 aliphatic rings. The summed E-state index contributed by atoms with van der Waals surface area (Å²) in [7, 11) is 2.02. The lowest BCUT2D eigenvalue weighted by molar-refractivity contribution is -0.346. The summed E-state index contributed by atoms with van der Waals surface area (Å²) in [5, 5.41) is 2.69. The number of rotatable bonds is 14. The lowest BCUT2D eigenvalue weighted by Gasteiger charge is -2.49. The molecule has 0 spiro atoms. The summed E-state index contributed by atoms with van der Waals surface area (Å²) in [6.45, 7) is 7.45. The van der Waals surface area contributed by atoms with Crippen LogP contribution in [0, 0.1) is 0 Å². The highest BCUT2D eigenvalue weighted by atomic mass is 16.8. The van der Waals surface area contributed by atoms with Gasteiger partial charge in [-0.25, -0.2) is 9.59 Å². The Morgan fingerprint density at radius 1 is 0.569 bits per heavy atom. The smallest absolute Gasteiger partial charge is 0.346 e. The van der Waals surface area contributed by atoms with Gasteiger partial charge in [-0.3, -0.25) is 28.8 Å². The topological polar surface area (TPSA) is 250 Å². The van der Waals surface area contributed by atoms with Crippen molar-refractivity contribution in [3.8, 4) is 0 Å². The maximum Gasteiger partial charge on any atom is 0.346 e. The fraction of sp³-hybridized carbons (Fsp3) is 0.677. The molecular formula is C31H43NO19. The van der Waals surface area contributed by atoms with Crippen LogP contribution in [-0.4, -0.2) is 130 Å². The molecule has 0 aromatic heterocycles. The normalized spacial score (nSPS) is 28.4. The standard InChI is InChI=1S/C31H43NO19/c1-10-20-23(25(45-15(4)35)22(30(49-20)48-18(7)38)32-11-19(28(39)41-8)29(40)42-9)51-31-27(47-17(6)37)26(46-16(5)36)24(44-14(3)34)21(50-31)12-43-13(2)33/h11,20-27,30-32H,10,12H2,1-9H3/t20?,21?,22?,23-,24+,25-,26+,27?,30+,31+/m1/s1. The van der Waals surface area contributed by atoms with Crippen LogP contribution in [0.2, 0.25) is 0 Å². The summed E-state index contributed by atoms with van der Waals surface area (Å²) in [5.41, 5.74) is -0.641. The number of carbonyl (C=O) groups excluding carboxylic acids is 8. The number of nitrogens with one attached hydrogen (secondary N) is 1. The molecule has 0 aromatic rings. The summed E-state index contributed by atoms with van der Waals surface area (Å²) in [6.07, 6.45) is -12.5. The van der Waals surface area contributed by atoms with Gasteiger partial charge in [0.1, 0.15) is 24.9 Å². The summed E-state index contributed by atoms with van der Waals surface area (Å²) in [4.78, 5) is 97.9. The van der Waals surface area contributed by atoms with Crippen molar-refractivity contribution in [2.45, 2.75) is 116 Å². The first-order chi connectivity index (χ1) is 23.9. The van der Waals surface area contributed by atoms with E-state index in [1.807, 2.05) is 0 Å². The van der Waals surface area contributed by atoms with Gasteiger partial charge in [0.2, 0.25) is 6.29 Å². The first kappa shape index (κ1) is 42.3. The molecule has 20 nitrogen and oxygen atoms in total. The number of hydrogen-bond donors (Lipinski definition) is 1. The second kappa shape index (κ2) is 19.5. The lowest BCUT2D eigenvalue weighted by atomic mass is 9.93. The third-order valence-electron chi connectivity index (χ3n) is 7.10. The first-order valence-electron chi connectivity index (χ1n) is 15.5. The van der Waals surface area contributed by atoms with Crippen LogP contribution in [0.1, 0.15) is 54.9 Å². The van der Waals surface area contributed by atoms with E-state index < -0.39 is 121 Å². The zero-order valence-electron chi connectivity index (χ0n) is 29.5. The second-order valence-electron chi connectivity index (χ2n) is 11.0. The predicted octanol–water partition coefficient (Wildman–Crippen LogP) is -0.727. The van der Waals surface area contributed by atoms with Gasteiger partial charge in [0, 0.05) is 47.7 Å². The van der Waals surface area contributed by atoms with E-state index >= 15 is 0 Å². The fourth-order valence-electron chi connectivity index (χ4n) is 5.22. The van der Waals surface area contributed by atoms with Gasteiger partial charge in [0.25, 0.3) is 0 Å². The van der Waals surface area contributed by atoms with Crippen molar-refractivity contribution in [2.75, 3.05) is 20.8 Å².